The molecule has 0 spiro atoms. The van der Waals surface area contributed by atoms with Crippen molar-refractivity contribution in [2.75, 3.05) is 5.73 Å². The van der Waals surface area contributed by atoms with E-state index in [1.807, 2.05) is 34.4 Å². The molecule has 0 saturated heterocycles. The van der Waals surface area contributed by atoms with Gasteiger partial charge in [-0.25, -0.2) is 14.5 Å². The maximum absolute atomic E-state index is 13.1. The number of hydrogen-bond donors (Lipinski definition) is 2. The number of rotatable bonds is 3. The summed E-state index contributed by atoms with van der Waals surface area (Å²) in [5.74, 6) is 5.78. The number of amides is 1. The molecule has 1 saturated carbocycles. The van der Waals surface area contributed by atoms with Crippen LogP contribution in [0.15, 0.2) is 60.0 Å². The summed E-state index contributed by atoms with van der Waals surface area (Å²) in [6, 6.07) is 10.1. The number of carbonyl (C=O) groups is 1. The summed E-state index contributed by atoms with van der Waals surface area (Å²) < 4.78 is 5.27. The molecule has 1 amide bonds. The molecule has 1 aromatic carbocycles. The van der Waals surface area contributed by atoms with E-state index < -0.39 is 5.91 Å². The molecule has 6 rings (SSSR count). The summed E-state index contributed by atoms with van der Waals surface area (Å²) >= 11 is 0. The fourth-order valence-electron chi connectivity index (χ4n) is 4.29. The molecule has 37 heavy (non-hydrogen) atoms. The molecule has 1 fully saturated rings. The molecule has 1 aliphatic rings. The first-order valence-corrected chi connectivity index (χ1v) is 11.9. The number of nitrogens with two attached hydrogens (primary N) is 2. The fourth-order valence-corrected chi connectivity index (χ4v) is 4.29. The van der Waals surface area contributed by atoms with Crippen LogP contribution in [0.25, 0.3) is 16.4 Å². The molecule has 4 N–H and O–H groups in total. The van der Waals surface area contributed by atoms with Crippen molar-refractivity contribution in [3.05, 3.63) is 88.1 Å². The molecule has 0 radical (unpaired) electrons. The van der Waals surface area contributed by atoms with Gasteiger partial charge in [0, 0.05) is 36.7 Å². The highest BCUT2D eigenvalue weighted by Gasteiger charge is 2.27. The zero-order valence-electron chi connectivity index (χ0n) is 20.5. The van der Waals surface area contributed by atoms with Crippen LogP contribution in [0.4, 0.5) is 5.82 Å². The second kappa shape index (κ2) is 9.62. The Hall–Kier alpha value is -4.91. The van der Waals surface area contributed by atoms with Crippen molar-refractivity contribution >= 4 is 28.1 Å². The van der Waals surface area contributed by atoms with E-state index in [1.165, 1.54) is 4.52 Å². The summed E-state index contributed by atoms with van der Waals surface area (Å²) in [5.41, 5.74) is 14.0. The normalized spacial score (nSPS) is 12.6. The first kappa shape index (κ1) is 23.8. The first-order valence-electron chi connectivity index (χ1n) is 11.9. The summed E-state index contributed by atoms with van der Waals surface area (Å²) in [7, 11) is 1.91. The minimum absolute atomic E-state index is 0.0988. The van der Waals surface area contributed by atoms with E-state index in [1.54, 1.807) is 31.0 Å². The molecule has 4 heterocycles. The van der Waals surface area contributed by atoms with Crippen LogP contribution in [-0.2, 0) is 13.5 Å². The number of imidazole rings is 1. The van der Waals surface area contributed by atoms with Crippen molar-refractivity contribution in [3.8, 4) is 11.8 Å². The van der Waals surface area contributed by atoms with Crippen LogP contribution in [0.1, 0.15) is 53.1 Å². The Balaban J connectivity index is 0.000000182. The molecule has 1 aliphatic carbocycles. The highest BCUT2D eigenvalue weighted by atomic mass is 16.1. The van der Waals surface area contributed by atoms with Crippen LogP contribution in [-0.4, -0.2) is 34.6 Å². The van der Waals surface area contributed by atoms with Gasteiger partial charge in [-0.1, -0.05) is 25.0 Å². The van der Waals surface area contributed by atoms with Crippen molar-refractivity contribution in [2.24, 2.45) is 12.8 Å². The minimum atomic E-state index is -0.619. The molecule has 0 atom stereocenters. The molecule has 10 heteroatoms. The summed E-state index contributed by atoms with van der Waals surface area (Å²) in [6.07, 6.45) is 9.71. The number of aromatic nitrogens is 6. The highest BCUT2D eigenvalue weighted by molar-refractivity contribution is 6.03. The van der Waals surface area contributed by atoms with Crippen LogP contribution >= 0.6 is 0 Å². The van der Waals surface area contributed by atoms with Gasteiger partial charge in [0.2, 0.25) is 0 Å². The zero-order valence-corrected chi connectivity index (χ0v) is 20.5. The third-order valence-corrected chi connectivity index (χ3v) is 6.25. The highest BCUT2D eigenvalue weighted by Crippen LogP contribution is 2.35. The molecule has 0 bridgehead atoms. The molecule has 5 aromatic rings. The number of hydrogen-bond acceptors (Lipinski definition) is 6. The van der Waals surface area contributed by atoms with Gasteiger partial charge in [-0.3, -0.25) is 9.59 Å². The lowest BCUT2D eigenvalue weighted by molar-refractivity contribution is 0.100. The van der Waals surface area contributed by atoms with Gasteiger partial charge >= 0.3 is 0 Å². The Bertz CT molecular complexity index is 1760. The number of aryl methyl sites for hydroxylation is 2. The van der Waals surface area contributed by atoms with Crippen molar-refractivity contribution in [3.63, 3.8) is 0 Å². The summed E-state index contributed by atoms with van der Waals surface area (Å²) in [6.45, 7) is 2.10. The average Bonchev–Trinajstić information content (AvgIpc) is 3.54. The largest absolute Gasteiger partial charge is 0.381 e. The SMILES string of the molecule is CCc1cc2cccc(C#Cc3cncn3C)c2c(=O)n1C1CC1.NC(=O)c1c(N)nn2cccnc12. The number of nitrogen functional groups attached to an aromatic ring is 1. The lowest BCUT2D eigenvalue weighted by atomic mass is 10.0. The lowest BCUT2D eigenvalue weighted by Crippen LogP contribution is -2.23. The molecular weight excluding hydrogens is 468 g/mol. The third-order valence-electron chi connectivity index (χ3n) is 6.25. The molecule has 10 nitrogen and oxygen atoms in total. The molecule has 4 aromatic heterocycles. The number of carbonyl (C=O) groups excluding carboxylic acids is 1. The van der Waals surface area contributed by atoms with Gasteiger partial charge in [0.15, 0.2) is 11.5 Å². The molecule has 0 unspecified atom stereocenters. The van der Waals surface area contributed by atoms with E-state index in [-0.39, 0.29) is 16.9 Å². The van der Waals surface area contributed by atoms with Gasteiger partial charge in [0.1, 0.15) is 11.3 Å². The Morgan fingerprint density at radius 2 is 2.03 bits per heavy atom. The van der Waals surface area contributed by atoms with Gasteiger partial charge in [-0.05, 0) is 48.8 Å². The van der Waals surface area contributed by atoms with E-state index in [2.05, 4.69) is 39.9 Å². The lowest BCUT2D eigenvalue weighted by Gasteiger charge is -2.13. The van der Waals surface area contributed by atoms with E-state index in [0.717, 1.165) is 47.0 Å². The van der Waals surface area contributed by atoms with E-state index in [4.69, 9.17) is 11.5 Å². The number of anilines is 1. The van der Waals surface area contributed by atoms with E-state index >= 15 is 0 Å². The fraction of sp³-hybridized carbons (Fsp3) is 0.222. The zero-order chi connectivity index (χ0) is 26.1. The topological polar surface area (TPSA) is 139 Å². The molecule has 0 aliphatic heterocycles. The number of pyridine rings is 1. The van der Waals surface area contributed by atoms with Crippen molar-refractivity contribution in [1.82, 2.24) is 28.7 Å². The molecule has 186 valence electrons. The van der Waals surface area contributed by atoms with Crippen LogP contribution in [0.3, 0.4) is 0 Å². The van der Waals surface area contributed by atoms with E-state index in [0.29, 0.717) is 11.7 Å². The van der Waals surface area contributed by atoms with Crippen molar-refractivity contribution in [1.29, 1.82) is 0 Å². The summed E-state index contributed by atoms with van der Waals surface area (Å²) in [4.78, 5) is 32.1. The van der Waals surface area contributed by atoms with Crippen LogP contribution in [0, 0.1) is 11.8 Å². The Morgan fingerprint density at radius 1 is 1.22 bits per heavy atom. The van der Waals surface area contributed by atoms with Gasteiger partial charge in [0.05, 0.1) is 17.9 Å². The quantitative estimate of drug-likeness (QED) is 0.369. The van der Waals surface area contributed by atoms with Crippen molar-refractivity contribution < 1.29 is 4.79 Å². The molecular formula is C27H26N8O2. The number of benzene rings is 1. The third kappa shape index (κ3) is 4.54. The average molecular weight is 495 g/mol. The van der Waals surface area contributed by atoms with Crippen LogP contribution < -0.4 is 17.0 Å². The van der Waals surface area contributed by atoms with Gasteiger partial charge < -0.3 is 20.6 Å². The predicted molar refractivity (Wildman–Crippen MR) is 141 cm³/mol. The maximum Gasteiger partial charge on any atom is 0.260 e. The second-order valence-electron chi connectivity index (χ2n) is 8.82. The van der Waals surface area contributed by atoms with E-state index in [9.17, 15) is 9.59 Å². The number of fused-ring (bicyclic) bond motifs is 2. The van der Waals surface area contributed by atoms with Gasteiger partial charge in [0.25, 0.3) is 11.5 Å². The van der Waals surface area contributed by atoms with Crippen molar-refractivity contribution in [2.45, 2.75) is 32.2 Å². The first-order chi connectivity index (χ1) is 17.9. The minimum Gasteiger partial charge on any atom is -0.381 e. The monoisotopic (exact) mass is 494 g/mol. The Labute approximate surface area is 212 Å². The van der Waals surface area contributed by atoms with Gasteiger partial charge in [-0.2, -0.15) is 0 Å². The van der Waals surface area contributed by atoms with Gasteiger partial charge in [-0.15, -0.1) is 5.10 Å². The Kier molecular flexibility index (Phi) is 6.19. The standard InChI is InChI=1S/C20H19N3O.C7H7N5O/c1-3-16-11-15-6-4-5-14(7-8-18-12-21-13-22(18)2)19(15)20(24)23(16)17-9-10-17;8-5-4(6(9)13)7-10-2-1-3-12(7)11-5/h4-6,11-13,17H,3,9-10H2,1-2H3;1-3H,(H2,8,11)(H2,9,13). The second-order valence-corrected chi connectivity index (χ2v) is 8.82. The summed E-state index contributed by atoms with van der Waals surface area (Å²) in [5, 5.41) is 5.58. The number of primary amides is 1. The number of nitrogens with zero attached hydrogens (tertiary/aromatic N) is 6. The Morgan fingerprint density at radius 3 is 2.70 bits per heavy atom. The maximum atomic E-state index is 13.1. The van der Waals surface area contributed by atoms with Crippen LogP contribution in [0.5, 0.6) is 0 Å². The predicted octanol–water partition coefficient (Wildman–Crippen LogP) is 2.44. The smallest absolute Gasteiger partial charge is 0.260 e. The van der Waals surface area contributed by atoms with Crippen LogP contribution in [0.2, 0.25) is 0 Å².